The number of hydrogen-bond donors (Lipinski definition) is 1. The number of rotatable bonds is 4. The van der Waals surface area contributed by atoms with E-state index in [-0.39, 0.29) is 0 Å². The zero-order chi connectivity index (χ0) is 9.52. The molecule has 0 aliphatic rings. The zero-order valence-corrected chi connectivity index (χ0v) is 8.25. The number of nitrogens with zero attached hydrogens (tertiary/aromatic N) is 1. The summed E-state index contributed by atoms with van der Waals surface area (Å²) in [4.78, 5) is 4.07. The van der Waals surface area contributed by atoms with Gasteiger partial charge in [-0.15, -0.1) is 0 Å². The summed E-state index contributed by atoms with van der Waals surface area (Å²) in [6.45, 7) is 3.12. The number of aromatic nitrogens is 1. The van der Waals surface area contributed by atoms with E-state index in [4.69, 9.17) is 0 Å². The van der Waals surface area contributed by atoms with Crippen molar-refractivity contribution in [3.05, 3.63) is 35.7 Å². The molecule has 1 aromatic heterocycles. The maximum atomic E-state index is 4.07. The average Bonchev–Trinajstić information content (AvgIpc) is 2.19. The van der Waals surface area contributed by atoms with Crippen LogP contribution in [0.1, 0.15) is 18.9 Å². The Hall–Kier alpha value is -1.15. The minimum atomic E-state index is 0.950. The first-order chi connectivity index (χ1) is 6.36. The average molecular weight is 176 g/mol. The van der Waals surface area contributed by atoms with Gasteiger partial charge in [0.2, 0.25) is 0 Å². The summed E-state index contributed by atoms with van der Waals surface area (Å²) in [5.74, 6) is 0. The van der Waals surface area contributed by atoms with E-state index >= 15 is 0 Å². The van der Waals surface area contributed by atoms with E-state index in [1.54, 1.807) is 6.20 Å². The number of pyridine rings is 1. The number of nitrogens with one attached hydrogen (secondary N) is 1. The summed E-state index contributed by atoms with van der Waals surface area (Å²) in [7, 11) is 1.97. The predicted molar refractivity (Wildman–Crippen MR) is 56.4 cm³/mol. The Balaban J connectivity index is 2.73. The van der Waals surface area contributed by atoms with E-state index in [0.29, 0.717) is 0 Å². The molecule has 70 valence electrons. The second kappa shape index (κ2) is 5.49. The molecule has 0 spiro atoms. The lowest BCUT2D eigenvalue weighted by Gasteiger charge is -2.02. The summed E-state index contributed by atoms with van der Waals surface area (Å²) < 4.78 is 0. The summed E-state index contributed by atoms with van der Waals surface area (Å²) in [5.41, 5.74) is 2.57. The quantitative estimate of drug-likeness (QED) is 0.760. The highest BCUT2D eigenvalue weighted by Gasteiger charge is 1.92. The Bertz CT molecular complexity index is 265. The van der Waals surface area contributed by atoms with Crippen LogP contribution in [0.3, 0.4) is 0 Å². The van der Waals surface area contributed by atoms with E-state index in [2.05, 4.69) is 29.4 Å². The molecule has 13 heavy (non-hydrogen) atoms. The molecule has 0 amide bonds. The lowest BCUT2D eigenvalue weighted by Crippen LogP contribution is -2.09. The monoisotopic (exact) mass is 176 g/mol. The van der Waals surface area contributed by atoms with Gasteiger partial charge >= 0.3 is 0 Å². The van der Waals surface area contributed by atoms with Gasteiger partial charge in [0, 0.05) is 18.9 Å². The molecule has 0 unspecified atom stereocenters. The van der Waals surface area contributed by atoms with Crippen LogP contribution in [0.15, 0.2) is 30.1 Å². The molecule has 0 fully saturated rings. The van der Waals surface area contributed by atoms with Gasteiger partial charge < -0.3 is 5.32 Å². The first-order valence-electron chi connectivity index (χ1n) is 4.61. The molecule has 1 rings (SSSR count). The van der Waals surface area contributed by atoms with Crippen LogP contribution in [0.4, 0.5) is 0 Å². The van der Waals surface area contributed by atoms with Gasteiger partial charge in [-0.2, -0.15) is 0 Å². The van der Waals surface area contributed by atoms with Crippen molar-refractivity contribution in [2.75, 3.05) is 13.6 Å². The van der Waals surface area contributed by atoms with Gasteiger partial charge in [-0.25, -0.2) is 0 Å². The molecule has 1 heterocycles. The van der Waals surface area contributed by atoms with Gasteiger partial charge in [0.25, 0.3) is 0 Å². The third-order valence-electron chi connectivity index (χ3n) is 1.91. The molecule has 0 atom stereocenters. The van der Waals surface area contributed by atoms with Crippen molar-refractivity contribution in [3.8, 4) is 0 Å². The van der Waals surface area contributed by atoms with Gasteiger partial charge in [0.1, 0.15) is 0 Å². The molecular formula is C11H16N2. The smallest absolute Gasteiger partial charge is 0.0340 e. The first-order valence-corrected chi connectivity index (χ1v) is 4.61. The predicted octanol–water partition coefficient (Wildman–Crippen LogP) is 2.09. The van der Waals surface area contributed by atoms with Crippen LogP contribution in [-0.2, 0) is 0 Å². The van der Waals surface area contributed by atoms with E-state index in [9.17, 15) is 0 Å². The summed E-state index contributed by atoms with van der Waals surface area (Å²) >= 11 is 0. The summed E-state index contributed by atoms with van der Waals surface area (Å²) in [6, 6.07) is 4.02. The molecule has 0 saturated heterocycles. The van der Waals surface area contributed by atoms with Gasteiger partial charge in [0.15, 0.2) is 0 Å². The van der Waals surface area contributed by atoms with Gasteiger partial charge in [-0.3, -0.25) is 4.98 Å². The fraction of sp³-hybridized carbons (Fsp3) is 0.364. The Morgan fingerprint density at radius 3 is 3.00 bits per heavy atom. The van der Waals surface area contributed by atoms with Crippen molar-refractivity contribution in [1.29, 1.82) is 0 Å². The molecule has 0 radical (unpaired) electrons. The van der Waals surface area contributed by atoms with E-state index < -0.39 is 0 Å². The van der Waals surface area contributed by atoms with Crippen LogP contribution in [0.25, 0.3) is 6.08 Å². The van der Waals surface area contributed by atoms with Crippen LogP contribution in [0, 0.1) is 0 Å². The molecule has 0 aliphatic heterocycles. The third-order valence-corrected chi connectivity index (χ3v) is 1.91. The Morgan fingerprint density at radius 1 is 1.62 bits per heavy atom. The zero-order valence-electron chi connectivity index (χ0n) is 8.25. The van der Waals surface area contributed by atoms with Gasteiger partial charge in [0.05, 0.1) is 0 Å². The van der Waals surface area contributed by atoms with E-state index in [1.165, 1.54) is 11.1 Å². The minimum absolute atomic E-state index is 0.950. The molecule has 1 N–H and O–H groups in total. The van der Waals surface area contributed by atoms with Crippen molar-refractivity contribution >= 4 is 6.08 Å². The van der Waals surface area contributed by atoms with Crippen molar-refractivity contribution in [2.45, 2.75) is 13.3 Å². The second-order valence-electron chi connectivity index (χ2n) is 2.97. The lowest BCUT2D eigenvalue weighted by molar-refractivity contribution is 0.851. The molecule has 0 bridgehead atoms. The molecule has 0 saturated carbocycles. The SMILES string of the molecule is CCC(=Cc1cccnc1)CNC. The fourth-order valence-corrected chi connectivity index (χ4v) is 1.20. The van der Waals surface area contributed by atoms with Gasteiger partial charge in [-0.1, -0.05) is 24.6 Å². The van der Waals surface area contributed by atoms with Crippen LogP contribution in [0.5, 0.6) is 0 Å². The van der Waals surface area contributed by atoms with Crippen molar-refractivity contribution < 1.29 is 0 Å². The van der Waals surface area contributed by atoms with Crippen LogP contribution in [-0.4, -0.2) is 18.6 Å². The highest BCUT2D eigenvalue weighted by Crippen LogP contribution is 2.07. The molecule has 2 heteroatoms. The van der Waals surface area contributed by atoms with Crippen LogP contribution in [0.2, 0.25) is 0 Å². The molecule has 0 aromatic carbocycles. The van der Waals surface area contributed by atoms with Crippen molar-refractivity contribution in [1.82, 2.24) is 10.3 Å². The highest BCUT2D eigenvalue weighted by molar-refractivity contribution is 5.51. The summed E-state index contributed by atoms with van der Waals surface area (Å²) in [5, 5.41) is 3.15. The standard InChI is InChI=1S/C11H16N2/c1-3-10(8-12-2)7-11-5-4-6-13-9-11/h4-7,9,12H,3,8H2,1-2H3. The molecular weight excluding hydrogens is 160 g/mol. The summed E-state index contributed by atoms with van der Waals surface area (Å²) in [6.07, 6.45) is 6.94. The number of hydrogen-bond acceptors (Lipinski definition) is 2. The Labute approximate surface area is 79.7 Å². The normalized spacial score (nSPS) is 11.7. The maximum Gasteiger partial charge on any atom is 0.0340 e. The maximum absolute atomic E-state index is 4.07. The van der Waals surface area contributed by atoms with Crippen LogP contribution < -0.4 is 5.32 Å². The molecule has 2 nitrogen and oxygen atoms in total. The van der Waals surface area contributed by atoms with Crippen LogP contribution >= 0.6 is 0 Å². The van der Waals surface area contributed by atoms with Gasteiger partial charge in [-0.05, 0) is 25.1 Å². The number of likely N-dealkylation sites (N-methyl/N-ethyl adjacent to an activating group) is 1. The van der Waals surface area contributed by atoms with Crippen molar-refractivity contribution in [3.63, 3.8) is 0 Å². The Kier molecular flexibility index (Phi) is 4.19. The molecule has 0 aliphatic carbocycles. The third kappa shape index (κ3) is 3.38. The minimum Gasteiger partial charge on any atom is -0.316 e. The largest absolute Gasteiger partial charge is 0.316 e. The topological polar surface area (TPSA) is 24.9 Å². The first kappa shape index (κ1) is 9.93. The van der Waals surface area contributed by atoms with Crippen molar-refractivity contribution in [2.24, 2.45) is 0 Å². The molecule has 1 aromatic rings. The van der Waals surface area contributed by atoms with E-state index in [1.807, 2.05) is 19.3 Å². The Morgan fingerprint density at radius 2 is 2.46 bits per heavy atom. The second-order valence-corrected chi connectivity index (χ2v) is 2.97. The van der Waals surface area contributed by atoms with E-state index in [0.717, 1.165) is 13.0 Å². The highest BCUT2D eigenvalue weighted by atomic mass is 14.8. The lowest BCUT2D eigenvalue weighted by atomic mass is 10.1. The fourth-order valence-electron chi connectivity index (χ4n) is 1.20.